The van der Waals surface area contributed by atoms with E-state index in [4.69, 9.17) is 10.5 Å². The summed E-state index contributed by atoms with van der Waals surface area (Å²) in [4.78, 5) is 0. The van der Waals surface area contributed by atoms with Gasteiger partial charge >= 0.3 is 0 Å². The third-order valence-electron chi connectivity index (χ3n) is 3.18. The van der Waals surface area contributed by atoms with E-state index < -0.39 is 0 Å². The topological polar surface area (TPSA) is 47.3 Å². The molecule has 1 aromatic rings. The molecule has 3 N–H and O–H groups in total. The molecule has 4 heteroatoms. The number of rotatable bonds is 3. The molecule has 1 saturated heterocycles. The minimum absolute atomic E-state index is 0.0618. The van der Waals surface area contributed by atoms with Crippen LogP contribution >= 0.6 is 15.9 Å². The van der Waals surface area contributed by atoms with Gasteiger partial charge in [-0.05, 0) is 36.6 Å². The van der Waals surface area contributed by atoms with Crippen LogP contribution in [-0.4, -0.2) is 25.8 Å². The predicted octanol–water partition coefficient (Wildman–Crippen LogP) is 2.14. The van der Waals surface area contributed by atoms with Gasteiger partial charge in [-0.25, -0.2) is 0 Å². The molecule has 1 heterocycles. The highest BCUT2D eigenvalue weighted by Crippen LogP contribution is 2.24. The van der Waals surface area contributed by atoms with Crippen LogP contribution in [0.25, 0.3) is 0 Å². The molecule has 0 bridgehead atoms. The van der Waals surface area contributed by atoms with Crippen molar-refractivity contribution in [2.45, 2.75) is 25.4 Å². The maximum Gasteiger partial charge on any atom is 0.0620 e. The van der Waals surface area contributed by atoms with Gasteiger partial charge in [0.25, 0.3) is 0 Å². The van der Waals surface area contributed by atoms with Crippen molar-refractivity contribution in [3.63, 3.8) is 0 Å². The first kappa shape index (κ1) is 13.0. The van der Waals surface area contributed by atoms with Crippen LogP contribution < -0.4 is 11.1 Å². The molecule has 1 aliphatic heterocycles. The maximum absolute atomic E-state index is 6.28. The highest BCUT2D eigenvalue weighted by atomic mass is 79.9. The lowest BCUT2D eigenvalue weighted by Crippen LogP contribution is -2.42. The van der Waals surface area contributed by atoms with Crippen molar-refractivity contribution < 1.29 is 4.74 Å². The van der Waals surface area contributed by atoms with Crippen LogP contribution in [0.15, 0.2) is 22.7 Å². The van der Waals surface area contributed by atoms with Crippen molar-refractivity contribution in [2.24, 2.45) is 5.73 Å². The Kier molecular flexibility index (Phi) is 4.56. The van der Waals surface area contributed by atoms with E-state index in [1.165, 1.54) is 11.1 Å². The summed E-state index contributed by atoms with van der Waals surface area (Å²) < 4.78 is 6.53. The zero-order chi connectivity index (χ0) is 12.3. The number of hydrogen-bond acceptors (Lipinski definition) is 3. The molecule has 2 atom stereocenters. The average molecular weight is 299 g/mol. The van der Waals surface area contributed by atoms with Crippen LogP contribution in [0.2, 0.25) is 0 Å². The smallest absolute Gasteiger partial charge is 0.0620 e. The van der Waals surface area contributed by atoms with Gasteiger partial charge in [-0.2, -0.15) is 0 Å². The van der Waals surface area contributed by atoms with Crippen LogP contribution in [0.5, 0.6) is 0 Å². The first-order chi connectivity index (χ1) is 8.16. The van der Waals surface area contributed by atoms with Crippen LogP contribution in [0, 0.1) is 6.92 Å². The molecular weight excluding hydrogens is 280 g/mol. The zero-order valence-electron chi connectivity index (χ0n) is 10.1. The van der Waals surface area contributed by atoms with Crippen LogP contribution in [-0.2, 0) is 4.74 Å². The first-order valence-electron chi connectivity index (χ1n) is 5.99. The number of hydrogen-bond donors (Lipinski definition) is 2. The zero-order valence-corrected chi connectivity index (χ0v) is 11.7. The number of halogens is 1. The SMILES string of the molecule is Cc1ccc(Br)cc1C(N)CC1COCCN1. The highest BCUT2D eigenvalue weighted by molar-refractivity contribution is 9.10. The van der Waals surface area contributed by atoms with Crippen molar-refractivity contribution in [1.29, 1.82) is 0 Å². The summed E-state index contributed by atoms with van der Waals surface area (Å²) in [6.07, 6.45) is 0.914. The van der Waals surface area contributed by atoms with Crippen LogP contribution in [0.4, 0.5) is 0 Å². The fourth-order valence-corrected chi connectivity index (χ4v) is 2.59. The van der Waals surface area contributed by atoms with Gasteiger partial charge in [0.05, 0.1) is 13.2 Å². The lowest BCUT2D eigenvalue weighted by atomic mass is 9.96. The lowest BCUT2D eigenvalue weighted by Gasteiger charge is -2.27. The summed E-state index contributed by atoms with van der Waals surface area (Å²) in [6, 6.07) is 6.70. The van der Waals surface area contributed by atoms with E-state index in [0.717, 1.165) is 30.7 Å². The Labute approximate surface area is 111 Å². The number of ether oxygens (including phenoxy) is 1. The van der Waals surface area contributed by atoms with E-state index in [2.05, 4.69) is 40.3 Å². The molecule has 0 spiro atoms. The molecule has 0 aromatic heterocycles. The molecule has 0 amide bonds. The summed E-state index contributed by atoms with van der Waals surface area (Å²) in [5.74, 6) is 0. The van der Waals surface area contributed by atoms with Crippen molar-refractivity contribution in [2.75, 3.05) is 19.8 Å². The highest BCUT2D eigenvalue weighted by Gasteiger charge is 2.18. The quantitative estimate of drug-likeness (QED) is 0.899. The van der Waals surface area contributed by atoms with E-state index >= 15 is 0 Å². The molecule has 1 fully saturated rings. The lowest BCUT2D eigenvalue weighted by molar-refractivity contribution is 0.0719. The Morgan fingerprint density at radius 1 is 1.59 bits per heavy atom. The summed E-state index contributed by atoms with van der Waals surface area (Å²) in [5.41, 5.74) is 8.74. The first-order valence-corrected chi connectivity index (χ1v) is 6.79. The third kappa shape index (κ3) is 3.52. The van der Waals surface area contributed by atoms with Crippen molar-refractivity contribution >= 4 is 15.9 Å². The molecule has 1 aromatic carbocycles. The van der Waals surface area contributed by atoms with Gasteiger partial charge in [0, 0.05) is 23.1 Å². The van der Waals surface area contributed by atoms with Crippen molar-refractivity contribution in [3.8, 4) is 0 Å². The summed E-state index contributed by atoms with van der Waals surface area (Å²) in [5, 5.41) is 3.44. The van der Waals surface area contributed by atoms with Crippen LogP contribution in [0.1, 0.15) is 23.6 Å². The van der Waals surface area contributed by atoms with E-state index in [1.807, 2.05) is 6.07 Å². The van der Waals surface area contributed by atoms with E-state index in [0.29, 0.717) is 6.04 Å². The monoisotopic (exact) mass is 298 g/mol. The normalized spacial score (nSPS) is 22.4. The van der Waals surface area contributed by atoms with E-state index in [1.54, 1.807) is 0 Å². The predicted molar refractivity (Wildman–Crippen MR) is 73.0 cm³/mol. The number of morpholine rings is 1. The molecule has 0 aliphatic carbocycles. The maximum atomic E-state index is 6.28. The Morgan fingerprint density at radius 3 is 3.12 bits per heavy atom. The fraction of sp³-hybridized carbons (Fsp3) is 0.538. The Balaban J connectivity index is 2.02. The molecule has 2 unspecified atom stereocenters. The van der Waals surface area contributed by atoms with Crippen molar-refractivity contribution in [3.05, 3.63) is 33.8 Å². The van der Waals surface area contributed by atoms with Gasteiger partial charge in [0.2, 0.25) is 0 Å². The summed E-state index contributed by atoms with van der Waals surface area (Å²) in [7, 11) is 0. The molecule has 1 aliphatic rings. The molecule has 3 nitrogen and oxygen atoms in total. The number of nitrogens with two attached hydrogens (primary N) is 1. The van der Waals surface area contributed by atoms with Gasteiger partial charge in [-0.3, -0.25) is 0 Å². The summed E-state index contributed by atoms with van der Waals surface area (Å²) >= 11 is 3.49. The number of benzene rings is 1. The van der Waals surface area contributed by atoms with Gasteiger partial charge in [0.15, 0.2) is 0 Å². The molecule has 94 valence electrons. The van der Waals surface area contributed by atoms with Gasteiger partial charge < -0.3 is 15.8 Å². The second-order valence-electron chi connectivity index (χ2n) is 4.57. The van der Waals surface area contributed by atoms with E-state index in [9.17, 15) is 0 Å². The molecule has 0 saturated carbocycles. The van der Waals surface area contributed by atoms with Gasteiger partial charge in [-0.15, -0.1) is 0 Å². The van der Waals surface area contributed by atoms with Crippen molar-refractivity contribution in [1.82, 2.24) is 5.32 Å². The largest absolute Gasteiger partial charge is 0.379 e. The molecular formula is C13H19BrN2O. The second-order valence-corrected chi connectivity index (χ2v) is 5.48. The summed E-state index contributed by atoms with van der Waals surface area (Å²) in [6.45, 7) is 4.60. The number of aryl methyl sites for hydroxylation is 1. The van der Waals surface area contributed by atoms with Crippen LogP contribution in [0.3, 0.4) is 0 Å². The van der Waals surface area contributed by atoms with Gasteiger partial charge in [-0.1, -0.05) is 22.0 Å². The molecule has 17 heavy (non-hydrogen) atoms. The Bertz CT molecular complexity index is 378. The number of nitrogens with one attached hydrogen (secondary N) is 1. The second kappa shape index (κ2) is 5.96. The minimum atomic E-state index is 0.0618. The molecule has 0 radical (unpaired) electrons. The third-order valence-corrected chi connectivity index (χ3v) is 3.67. The fourth-order valence-electron chi connectivity index (χ4n) is 2.22. The Hall–Kier alpha value is -0.420. The van der Waals surface area contributed by atoms with E-state index in [-0.39, 0.29) is 6.04 Å². The minimum Gasteiger partial charge on any atom is -0.379 e. The standard InChI is InChI=1S/C13H19BrN2O/c1-9-2-3-10(14)6-12(9)13(15)7-11-8-17-5-4-16-11/h2-3,6,11,13,16H,4-5,7-8,15H2,1H3. The van der Waals surface area contributed by atoms with Gasteiger partial charge in [0.1, 0.15) is 0 Å². The average Bonchev–Trinajstić information content (AvgIpc) is 2.33. The Morgan fingerprint density at radius 2 is 2.41 bits per heavy atom. The molecule has 2 rings (SSSR count).